The molecule has 0 saturated carbocycles. The van der Waals surface area contributed by atoms with E-state index in [1.54, 1.807) is 24.3 Å². The number of amides is 2. The summed E-state index contributed by atoms with van der Waals surface area (Å²) in [5.74, 6) is -1.06. The highest BCUT2D eigenvalue weighted by atomic mass is 16.5. The first-order chi connectivity index (χ1) is 16.8. The molecule has 0 bridgehead atoms. The largest absolute Gasteiger partial charge is 0.505 e. The first-order valence-corrected chi connectivity index (χ1v) is 10.8. The topological polar surface area (TPSA) is 126 Å². The van der Waals surface area contributed by atoms with E-state index in [0.717, 1.165) is 11.1 Å². The van der Waals surface area contributed by atoms with E-state index in [0.29, 0.717) is 22.2 Å². The number of phenolic OH excluding ortho intramolecular Hbond substituents is 1. The lowest BCUT2D eigenvalue weighted by molar-refractivity contribution is 0.0997. The minimum atomic E-state index is -0.623. The Balaban J connectivity index is 1.80. The lowest BCUT2D eigenvalue weighted by atomic mass is 10.0. The summed E-state index contributed by atoms with van der Waals surface area (Å²) in [4.78, 5) is 24.7. The molecule has 0 radical (unpaired) electrons. The fourth-order valence-corrected chi connectivity index (χ4v) is 3.76. The smallest absolute Gasteiger partial charge is 0.259 e. The van der Waals surface area contributed by atoms with Crippen molar-refractivity contribution in [1.82, 2.24) is 0 Å². The van der Waals surface area contributed by atoms with Gasteiger partial charge in [0.25, 0.3) is 5.91 Å². The van der Waals surface area contributed by atoms with Crippen LogP contribution in [0.2, 0.25) is 0 Å². The molecular formula is C27H24N4O4. The molecule has 0 saturated heterocycles. The van der Waals surface area contributed by atoms with Gasteiger partial charge in [0, 0.05) is 16.6 Å². The Kier molecular flexibility index (Phi) is 6.46. The lowest BCUT2D eigenvalue weighted by Crippen LogP contribution is -2.13. The number of nitrogens with one attached hydrogen (secondary N) is 1. The highest BCUT2D eigenvalue weighted by Gasteiger charge is 2.19. The van der Waals surface area contributed by atoms with Crippen LogP contribution >= 0.6 is 0 Å². The minimum absolute atomic E-state index is 0.0514. The number of ether oxygens (including phenoxy) is 1. The standard InChI is InChI=1S/C27H24N4O4/c1-15-8-10-21(16(2)12-15)29-27(34)20-13-17-6-4-5-7-19(17)24(25(20)32)31-30-22-14-18(26(28)33)9-11-23(22)35-3/h4-14,32H,1-3H3,(H2,28,33)(H,29,34). The van der Waals surface area contributed by atoms with E-state index < -0.39 is 11.8 Å². The van der Waals surface area contributed by atoms with Gasteiger partial charge in [-0.3, -0.25) is 9.59 Å². The van der Waals surface area contributed by atoms with Crippen LogP contribution in [-0.2, 0) is 0 Å². The van der Waals surface area contributed by atoms with E-state index >= 15 is 0 Å². The molecule has 0 fully saturated rings. The number of azo groups is 1. The van der Waals surface area contributed by atoms with Gasteiger partial charge in [-0.25, -0.2) is 0 Å². The maximum absolute atomic E-state index is 13.1. The Bertz CT molecular complexity index is 1490. The molecule has 35 heavy (non-hydrogen) atoms. The zero-order valence-corrected chi connectivity index (χ0v) is 19.5. The molecular weight excluding hydrogens is 444 g/mol. The van der Waals surface area contributed by atoms with Crippen LogP contribution < -0.4 is 15.8 Å². The van der Waals surface area contributed by atoms with E-state index in [1.165, 1.54) is 19.2 Å². The summed E-state index contributed by atoms with van der Waals surface area (Å²) in [7, 11) is 1.46. The molecule has 4 aromatic carbocycles. The van der Waals surface area contributed by atoms with Crippen LogP contribution in [0.3, 0.4) is 0 Å². The Morgan fingerprint density at radius 2 is 1.74 bits per heavy atom. The van der Waals surface area contributed by atoms with Crippen LogP contribution in [0.1, 0.15) is 31.8 Å². The molecule has 0 atom stereocenters. The van der Waals surface area contributed by atoms with Gasteiger partial charge in [-0.15, -0.1) is 10.2 Å². The maximum atomic E-state index is 13.1. The Labute approximate surface area is 202 Å². The van der Waals surface area contributed by atoms with Gasteiger partial charge in [-0.2, -0.15) is 0 Å². The van der Waals surface area contributed by atoms with Gasteiger partial charge in [0.15, 0.2) is 5.75 Å². The van der Waals surface area contributed by atoms with E-state index in [9.17, 15) is 14.7 Å². The molecule has 176 valence electrons. The molecule has 0 aliphatic carbocycles. The van der Waals surface area contributed by atoms with Crippen molar-refractivity contribution in [1.29, 1.82) is 0 Å². The molecule has 0 heterocycles. The van der Waals surface area contributed by atoms with Crippen molar-refractivity contribution < 1.29 is 19.4 Å². The average molecular weight is 469 g/mol. The number of nitrogens with zero attached hydrogens (tertiary/aromatic N) is 2. The Hall–Kier alpha value is -4.72. The molecule has 4 aromatic rings. The molecule has 0 aromatic heterocycles. The maximum Gasteiger partial charge on any atom is 0.259 e. The van der Waals surface area contributed by atoms with Crippen molar-refractivity contribution in [3.05, 3.63) is 89.0 Å². The minimum Gasteiger partial charge on any atom is -0.505 e. The van der Waals surface area contributed by atoms with Crippen LogP contribution in [0.15, 0.2) is 77.0 Å². The zero-order chi connectivity index (χ0) is 25.1. The molecule has 0 spiro atoms. The fraction of sp³-hybridized carbons (Fsp3) is 0.111. The molecule has 0 aliphatic rings. The molecule has 0 unspecified atom stereocenters. The normalized spacial score (nSPS) is 11.1. The third-order valence-corrected chi connectivity index (χ3v) is 5.59. The number of aryl methyl sites for hydroxylation is 2. The van der Waals surface area contributed by atoms with Crippen molar-refractivity contribution in [2.45, 2.75) is 13.8 Å². The van der Waals surface area contributed by atoms with Crippen LogP contribution in [0.5, 0.6) is 11.5 Å². The summed E-state index contributed by atoms with van der Waals surface area (Å²) in [6.45, 7) is 3.87. The van der Waals surface area contributed by atoms with E-state index in [-0.39, 0.29) is 28.3 Å². The van der Waals surface area contributed by atoms with Crippen LogP contribution in [0.25, 0.3) is 10.8 Å². The molecule has 4 N–H and O–H groups in total. The second-order valence-electron chi connectivity index (χ2n) is 8.07. The molecule has 8 heteroatoms. The SMILES string of the molecule is COc1ccc(C(N)=O)cc1N=Nc1c(O)c(C(=O)Nc2ccc(C)cc2C)cc2ccccc12. The predicted molar refractivity (Wildman–Crippen MR) is 135 cm³/mol. The predicted octanol–water partition coefficient (Wildman–Crippen LogP) is 5.94. The average Bonchev–Trinajstić information content (AvgIpc) is 2.84. The van der Waals surface area contributed by atoms with Gasteiger partial charge in [0.2, 0.25) is 5.91 Å². The van der Waals surface area contributed by atoms with Gasteiger partial charge < -0.3 is 20.9 Å². The molecule has 0 aliphatic heterocycles. The van der Waals surface area contributed by atoms with Crippen molar-refractivity contribution >= 4 is 39.6 Å². The van der Waals surface area contributed by atoms with Gasteiger partial charge in [0.1, 0.15) is 17.1 Å². The monoisotopic (exact) mass is 468 g/mol. The third-order valence-electron chi connectivity index (χ3n) is 5.59. The summed E-state index contributed by atoms with van der Waals surface area (Å²) in [6.07, 6.45) is 0. The first kappa shape index (κ1) is 23.4. The molecule has 2 amide bonds. The van der Waals surface area contributed by atoms with E-state index in [1.807, 2.05) is 44.2 Å². The van der Waals surface area contributed by atoms with Crippen molar-refractivity contribution in [2.75, 3.05) is 12.4 Å². The van der Waals surface area contributed by atoms with E-state index in [4.69, 9.17) is 10.5 Å². The summed E-state index contributed by atoms with van der Waals surface area (Å²) in [6, 6.07) is 19.0. The highest BCUT2D eigenvalue weighted by molar-refractivity contribution is 6.12. The number of methoxy groups -OCH3 is 1. The first-order valence-electron chi connectivity index (χ1n) is 10.8. The quantitative estimate of drug-likeness (QED) is 0.303. The number of nitrogens with two attached hydrogens (primary N) is 1. The summed E-state index contributed by atoms with van der Waals surface area (Å²) < 4.78 is 5.30. The van der Waals surface area contributed by atoms with Crippen molar-refractivity contribution in [3.8, 4) is 11.5 Å². The van der Waals surface area contributed by atoms with Gasteiger partial charge in [-0.1, -0.05) is 42.0 Å². The highest BCUT2D eigenvalue weighted by Crippen LogP contribution is 2.40. The summed E-state index contributed by atoms with van der Waals surface area (Å²) >= 11 is 0. The molecule has 4 rings (SSSR count). The number of carbonyl (C=O) groups is 2. The Morgan fingerprint density at radius 3 is 2.46 bits per heavy atom. The number of rotatable bonds is 6. The zero-order valence-electron chi connectivity index (χ0n) is 19.5. The van der Waals surface area contributed by atoms with Gasteiger partial charge >= 0.3 is 0 Å². The number of hydrogen-bond donors (Lipinski definition) is 3. The van der Waals surface area contributed by atoms with E-state index in [2.05, 4.69) is 15.5 Å². The number of fused-ring (bicyclic) bond motifs is 1. The van der Waals surface area contributed by atoms with Gasteiger partial charge in [0.05, 0.1) is 12.7 Å². The summed E-state index contributed by atoms with van der Waals surface area (Å²) in [5, 5.41) is 23.7. The van der Waals surface area contributed by atoms with Crippen LogP contribution in [0, 0.1) is 13.8 Å². The number of hydrogen-bond acceptors (Lipinski definition) is 6. The number of carbonyl (C=O) groups excluding carboxylic acids is 2. The second kappa shape index (κ2) is 9.64. The number of primary amides is 1. The summed E-state index contributed by atoms with van der Waals surface area (Å²) in [5.41, 5.74) is 8.64. The second-order valence-corrected chi connectivity index (χ2v) is 8.07. The number of benzene rings is 4. The number of phenols is 1. The molecule has 8 nitrogen and oxygen atoms in total. The van der Waals surface area contributed by atoms with Crippen molar-refractivity contribution in [3.63, 3.8) is 0 Å². The fourth-order valence-electron chi connectivity index (χ4n) is 3.76. The van der Waals surface area contributed by atoms with Gasteiger partial charge in [-0.05, 0) is 55.1 Å². The Morgan fingerprint density at radius 1 is 0.971 bits per heavy atom. The third kappa shape index (κ3) is 4.81. The lowest BCUT2D eigenvalue weighted by Gasteiger charge is -2.13. The van der Waals surface area contributed by atoms with Crippen molar-refractivity contribution in [2.24, 2.45) is 16.0 Å². The van der Waals surface area contributed by atoms with Crippen LogP contribution in [-0.4, -0.2) is 24.0 Å². The van der Waals surface area contributed by atoms with Crippen LogP contribution in [0.4, 0.5) is 17.1 Å². The number of aromatic hydroxyl groups is 1. The number of anilines is 1.